The summed E-state index contributed by atoms with van der Waals surface area (Å²) in [7, 11) is -0.406. The molecule has 5 nitrogen and oxygen atoms in total. The maximum atomic E-state index is 9.77. The lowest BCUT2D eigenvalue weighted by Gasteiger charge is -2.32. The van der Waals surface area contributed by atoms with Gasteiger partial charge < -0.3 is 24.3 Å². The summed E-state index contributed by atoms with van der Waals surface area (Å²) in [5.41, 5.74) is -1.02. The van der Waals surface area contributed by atoms with Gasteiger partial charge in [0.15, 0.2) is 0 Å². The van der Waals surface area contributed by atoms with Crippen molar-refractivity contribution in [3.8, 4) is 5.75 Å². The zero-order valence-electron chi connectivity index (χ0n) is 14.8. The normalized spacial score (nSPS) is 21.3. The molecule has 1 saturated heterocycles. The average Bonchev–Trinajstić information content (AvgIpc) is 2.64. The number of aliphatic hydroxyl groups excluding tert-OH is 1. The van der Waals surface area contributed by atoms with E-state index in [4.69, 9.17) is 14.0 Å². The summed E-state index contributed by atoms with van der Waals surface area (Å²) in [5, 5.41) is 19.5. The summed E-state index contributed by atoms with van der Waals surface area (Å²) in [4.78, 5) is 0. The Morgan fingerprint density at radius 2 is 1.57 bits per heavy atom. The van der Waals surface area contributed by atoms with Crippen LogP contribution in [0.2, 0.25) is 0 Å². The van der Waals surface area contributed by atoms with E-state index in [-0.39, 0.29) is 17.8 Å². The van der Waals surface area contributed by atoms with Crippen LogP contribution in [0.15, 0.2) is 24.3 Å². The molecular weight excluding hydrogens is 295 g/mol. The van der Waals surface area contributed by atoms with Gasteiger partial charge in [-0.25, -0.2) is 0 Å². The summed E-state index contributed by atoms with van der Waals surface area (Å²) < 4.78 is 17.5. The molecule has 0 aliphatic carbocycles. The number of aliphatic hydroxyl groups is 2. The van der Waals surface area contributed by atoms with E-state index in [1.807, 2.05) is 39.8 Å². The van der Waals surface area contributed by atoms with E-state index in [9.17, 15) is 10.2 Å². The van der Waals surface area contributed by atoms with E-state index in [0.29, 0.717) is 5.75 Å². The quantitative estimate of drug-likeness (QED) is 0.804. The third-order valence-electron chi connectivity index (χ3n) is 4.63. The van der Waals surface area contributed by atoms with Crippen LogP contribution in [0.3, 0.4) is 0 Å². The van der Waals surface area contributed by atoms with Gasteiger partial charge >= 0.3 is 7.12 Å². The van der Waals surface area contributed by atoms with Crippen molar-refractivity contribution in [2.24, 2.45) is 0 Å². The van der Waals surface area contributed by atoms with Crippen LogP contribution in [0.1, 0.15) is 41.5 Å². The van der Waals surface area contributed by atoms with Crippen molar-refractivity contribution in [1.29, 1.82) is 0 Å². The van der Waals surface area contributed by atoms with Gasteiger partial charge in [0.1, 0.15) is 18.5 Å². The fraction of sp³-hybridized carbons (Fsp3) is 0.647. The Balaban J connectivity index is 1.98. The van der Waals surface area contributed by atoms with Crippen LogP contribution >= 0.6 is 0 Å². The molecule has 6 heteroatoms. The molecule has 0 radical (unpaired) electrons. The van der Waals surface area contributed by atoms with E-state index in [2.05, 4.69) is 0 Å². The Bertz CT molecular complexity index is 517. The summed E-state index contributed by atoms with van der Waals surface area (Å²) in [5.74, 6) is 0.619. The first-order valence-electron chi connectivity index (χ1n) is 7.91. The van der Waals surface area contributed by atoms with E-state index >= 15 is 0 Å². The Morgan fingerprint density at radius 1 is 1.09 bits per heavy atom. The first-order chi connectivity index (χ1) is 10.4. The third-order valence-corrected chi connectivity index (χ3v) is 4.63. The number of hydrogen-bond acceptors (Lipinski definition) is 5. The van der Waals surface area contributed by atoms with Crippen LogP contribution in [0.5, 0.6) is 5.75 Å². The van der Waals surface area contributed by atoms with Crippen molar-refractivity contribution in [3.05, 3.63) is 24.3 Å². The Hall–Kier alpha value is -1.08. The highest BCUT2D eigenvalue weighted by molar-refractivity contribution is 6.62. The lowest BCUT2D eigenvalue weighted by molar-refractivity contribution is -0.0661. The molecule has 128 valence electrons. The zero-order valence-corrected chi connectivity index (χ0v) is 14.8. The topological polar surface area (TPSA) is 68.2 Å². The lowest BCUT2D eigenvalue weighted by Crippen LogP contribution is -2.41. The van der Waals surface area contributed by atoms with Crippen LogP contribution in [-0.4, -0.2) is 46.8 Å². The molecule has 1 fully saturated rings. The van der Waals surface area contributed by atoms with E-state index in [1.165, 1.54) is 0 Å². The van der Waals surface area contributed by atoms with Gasteiger partial charge in [-0.05, 0) is 59.1 Å². The highest BCUT2D eigenvalue weighted by atomic mass is 16.7. The molecule has 0 bridgehead atoms. The maximum absolute atomic E-state index is 9.77. The van der Waals surface area contributed by atoms with E-state index in [0.717, 1.165) is 5.46 Å². The second kappa shape index (κ2) is 6.09. The van der Waals surface area contributed by atoms with Gasteiger partial charge in [0, 0.05) is 0 Å². The predicted octanol–water partition coefficient (Wildman–Crippen LogP) is 1.50. The summed E-state index contributed by atoms with van der Waals surface area (Å²) in [6.07, 6.45) is -0.953. The molecule has 0 amide bonds. The minimum atomic E-state index is -1.19. The second-order valence-electron chi connectivity index (χ2n) is 7.64. The van der Waals surface area contributed by atoms with Crippen molar-refractivity contribution in [3.63, 3.8) is 0 Å². The summed E-state index contributed by atoms with van der Waals surface area (Å²) in [6, 6.07) is 7.37. The van der Waals surface area contributed by atoms with Crippen molar-refractivity contribution >= 4 is 12.6 Å². The monoisotopic (exact) mass is 322 g/mol. The molecule has 2 N–H and O–H groups in total. The third kappa shape index (κ3) is 4.07. The van der Waals surface area contributed by atoms with E-state index in [1.54, 1.807) is 26.0 Å². The average molecular weight is 322 g/mol. The molecule has 0 aromatic heterocycles. The fourth-order valence-corrected chi connectivity index (χ4v) is 2.08. The van der Waals surface area contributed by atoms with E-state index < -0.39 is 18.8 Å². The number of rotatable bonds is 5. The van der Waals surface area contributed by atoms with Gasteiger partial charge in [0.25, 0.3) is 0 Å². The first-order valence-corrected chi connectivity index (χ1v) is 7.91. The highest BCUT2D eigenvalue weighted by Gasteiger charge is 2.51. The van der Waals surface area contributed by atoms with Crippen LogP contribution < -0.4 is 10.2 Å². The molecule has 1 aliphatic rings. The molecule has 1 unspecified atom stereocenters. The molecule has 1 aromatic carbocycles. The first kappa shape index (κ1) is 18.3. The van der Waals surface area contributed by atoms with Crippen molar-refractivity contribution < 1.29 is 24.3 Å². The molecule has 0 saturated carbocycles. The number of ether oxygens (including phenoxy) is 1. The molecule has 0 spiro atoms. The Morgan fingerprint density at radius 3 is 2.00 bits per heavy atom. The standard InChI is InChI=1S/C17H27BO5/c1-15(2,20)14(19)11-21-13-9-7-12(8-10-13)18-22-16(3,4)17(5,6)23-18/h7-10,14,19-20H,11H2,1-6H3. The van der Waals surface area contributed by atoms with Crippen LogP contribution in [0.25, 0.3) is 0 Å². The van der Waals surface area contributed by atoms with Gasteiger partial charge in [0.2, 0.25) is 0 Å². The molecule has 1 heterocycles. The Labute approximate surface area is 138 Å². The zero-order chi connectivity index (χ0) is 17.5. The van der Waals surface area contributed by atoms with Crippen molar-refractivity contribution in [1.82, 2.24) is 0 Å². The predicted molar refractivity (Wildman–Crippen MR) is 90.0 cm³/mol. The van der Waals surface area contributed by atoms with Gasteiger partial charge in [-0.2, -0.15) is 0 Å². The summed E-state index contributed by atoms with van der Waals surface area (Å²) >= 11 is 0. The molecule has 2 rings (SSSR count). The summed E-state index contributed by atoms with van der Waals surface area (Å²) in [6.45, 7) is 11.2. The van der Waals surface area contributed by atoms with Gasteiger partial charge in [0.05, 0.1) is 16.8 Å². The van der Waals surface area contributed by atoms with Gasteiger partial charge in [-0.1, -0.05) is 12.1 Å². The molecular formula is C17H27BO5. The van der Waals surface area contributed by atoms with Crippen molar-refractivity contribution in [2.45, 2.75) is 64.4 Å². The molecule has 23 heavy (non-hydrogen) atoms. The largest absolute Gasteiger partial charge is 0.494 e. The maximum Gasteiger partial charge on any atom is 0.494 e. The SMILES string of the molecule is CC(C)(O)C(O)COc1ccc(B2OC(C)(C)C(C)(C)O2)cc1. The molecule has 1 atom stereocenters. The van der Waals surface area contributed by atoms with Crippen LogP contribution in [0, 0.1) is 0 Å². The van der Waals surface area contributed by atoms with Crippen LogP contribution in [0.4, 0.5) is 0 Å². The van der Waals surface area contributed by atoms with Gasteiger partial charge in [-0.3, -0.25) is 0 Å². The highest BCUT2D eigenvalue weighted by Crippen LogP contribution is 2.36. The minimum absolute atomic E-state index is 0.0271. The van der Waals surface area contributed by atoms with Crippen LogP contribution in [-0.2, 0) is 9.31 Å². The smallest absolute Gasteiger partial charge is 0.491 e. The van der Waals surface area contributed by atoms with Crippen molar-refractivity contribution in [2.75, 3.05) is 6.61 Å². The Kier molecular flexibility index (Phi) is 4.84. The minimum Gasteiger partial charge on any atom is -0.491 e. The number of benzene rings is 1. The van der Waals surface area contributed by atoms with Gasteiger partial charge in [-0.15, -0.1) is 0 Å². The second-order valence-corrected chi connectivity index (χ2v) is 7.64. The number of hydrogen-bond donors (Lipinski definition) is 2. The fourth-order valence-electron chi connectivity index (χ4n) is 2.08. The lowest BCUT2D eigenvalue weighted by atomic mass is 9.79. The molecule has 1 aromatic rings. The molecule has 1 aliphatic heterocycles.